The summed E-state index contributed by atoms with van der Waals surface area (Å²) in [5, 5.41) is 3.39. The van der Waals surface area contributed by atoms with Crippen LogP contribution in [0.3, 0.4) is 0 Å². The third-order valence-electron chi connectivity index (χ3n) is 5.22. The van der Waals surface area contributed by atoms with Crippen LogP contribution in [-0.4, -0.2) is 48.8 Å². The number of nitrogens with one attached hydrogen (secondary N) is 1. The Bertz CT molecular complexity index is 1100. The minimum absolute atomic E-state index is 0.0528. The Hall–Kier alpha value is -2.39. The number of carbonyl (C=O) groups is 1. The number of fused-ring (bicyclic) bond motifs is 1. The van der Waals surface area contributed by atoms with Gasteiger partial charge >= 0.3 is 0 Å². The summed E-state index contributed by atoms with van der Waals surface area (Å²) >= 11 is 1.20. The van der Waals surface area contributed by atoms with Gasteiger partial charge in [0.25, 0.3) is 0 Å². The fourth-order valence-electron chi connectivity index (χ4n) is 3.83. The van der Waals surface area contributed by atoms with Gasteiger partial charge in [0.05, 0.1) is 35.0 Å². The number of halogens is 1. The number of hydrogen-bond acceptors (Lipinski definition) is 6. The molecule has 2 aliphatic heterocycles. The molecule has 158 valence electrons. The van der Waals surface area contributed by atoms with Gasteiger partial charge in [-0.05, 0) is 30.2 Å². The molecule has 0 aliphatic carbocycles. The van der Waals surface area contributed by atoms with E-state index < -0.39 is 27.7 Å². The van der Waals surface area contributed by atoms with Crippen molar-refractivity contribution in [2.75, 3.05) is 27.5 Å². The fraction of sp³-hybridized carbons (Fsp3) is 0.333. The minimum Gasteiger partial charge on any atom is -0.325 e. The van der Waals surface area contributed by atoms with E-state index in [-0.39, 0.29) is 28.9 Å². The molecule has 9 heteroatoms. The Morgan fingerprint density at radius 2 is 1.93 bits per heavy atom. The summed E-state index contributed by atoms with van der Waals surface area (Å²) in [5.74, 6) is -0.675. The van der Waals surface area contributed by atoms with Crippen molar-refractivity contribution in [3.63, 3.8) is 0 Å². The van der Waals surface area contributed by atoms with Gasteiger partial charge in [0.2, 0.25) is 5.91 Å². The maximum atomic E-state index is 14.5. The standard InChI is InChI=1S/C21H22FN3O3S2/c1-2-14-7-3-5-9-16(14)23-20(26)11-29-21-24-17-12-30(27,28)13-19(17)25(21)18-10-6-4-8-15(18)22/h3-10,17,19H,2,11-13H2,1H3,(H,23,26)/t17-,19+/m1/s1. The fourth-order valence-corrected chi connectivity index (χ4v) is 6.59. The van der Waals surface area contributed by atoms with Gasteiger partial charge in [-0.2, -0.15) is 0 Å². The monoisotopic (exact) mass is 447 g/mol. The number of para-hydroxylation sites is 2. The van der Waals surface area contributed by atoms with Crippen molar-refractivity contribution in [1.29, 1.82) is 0 Å². The van der Waals surface area contributed by atoms with Crippen LogP contribution < -0.4 is 10.2 Å². The molecule has 2 heterocycles. The molecule has 0 saturated carbocycles. The van der Waals surface area contributed by atoms with Crippen molar-refractivity contribution in [3.05, 3.63) is 59.9 Å². The van der Waals surface area contributed by atoms with E-state index in [9.17, 15) is 17.6 Å². The summed E-state index contributed by atoms with van der Waals surface area (Å²) in [6.45, 7) is 2.02. The number of amides is 1. The first-order chi connectivity index (χ1) is 14.4. The lowest BCUT2D eigenvalue weighted by atomic mass is 10.1. The molecule has 0 unspecified atom stereocenters. The number of anilines is 2. The van der Waals surface area contributed by atoms with Crippen molar-refractivity contribution in [3.8, 4) is 0 Å². The molecular formula is C21H22FN3O3S2. The average molecular weight is 448 g/mol. The van der Waals surface area contributed by atoms with Gasteiger partial charge in [0, 0.05) is 5.69 Å². The Morgan fingerprint density at radius 3 is 2.70 bits per heavy atom. The Labute approximate surface area is 179 Å². The Morgan fingerprint density at radius 1 is 1.20 bits per heavy atom. The van der Waals surface area contributed by atoms with E-state index in [4.69, 9.17) is 0 Å². The van der Waals surface area contributed by atoms with E-state index in [2.05, 4.69) is 10.3 Å². The molecule has 30 heavy (non-hydrogen) atoms. The quantitative estimate of drug-likeness (QED) is 0.762. The highest BCUT2D eigenvalue weighted by atomic mass is 32.2. The minimum atomic E-state index is -3.22. The Balaban J connectivity index is 1.52. The van der Waals surface area contributed by atoms with Crippen LogP contribution in [0.1, 0.15) is 12.5 Å². The van der Waals surface area contributed by atoms with Crippen LogP contribution in [0.4, 0.5) is 15.8 Å². The molecular weight excluding hydrogens is 425 g/mol. The summed E-state index contributed by atoms with van der Waals surface area (Å²) in [6, 6.07) is 12.9. The molecule has 2 atom stereocenters. The van der Waals surface area contributed by atoms with E-state index in [0.717, 1.165) is 17.7 Å². The molecule has 0 bridgehead atoms. The highest BCUT2D eigenvalue weighted by Crippen LogP contribution is 2.36. The number of benzene rings is 2. The number of hydrogen-bond donors (Lipinski definition) is 1. The van der Waals surface area contributed by atoms with Gasteiger partial charge in [-0.15, -0.1) is 0 Å². The largest absolute Gasteiger partial charge is 0.325 e. The average Bonchev–Trinajstić information content (AvgIpc) is 3.18. The molecule has 0 spiro atoms. The molecule has 2 aromatic carbocycles. The van der Waals surface area contributed by atoms with Gasteiger partial charge in [-0.1, -0.05) is 49.0 Å². The van der Waals surface area contributed by atoms with E-state index in [1.165, 1.54) is 17.8 Å². The van der Waals surface area contributed by atoms with Crippen molar-refractivity contribution < 1.29 is 17.6 Å². The summed E-state index contributed by atoms with van der Waals surface area (Å²) in [7, 11) is -3.22. The molecule has 1 N–H and O–H groups in total. The van der Waals surface area contributed by atoms with Crippen molar-refractivity contribution >= 4 is 44.0 Å². The van der Waals surface area contributed by atoms with Crippen LogP contribution in [-0.2, 0) is 21.1 Å². The summed E-state index contributed by atoms with van der Waals surface area (Å²) < 4.78 is 38.7. The maximum absolute atomic E-state index is 14.5. The van der Waals surface area contributed by atoms with Crippen LogP contribution in [0.5, 0.6) is 0 Å². The normalized spacial score (nSPS) is 21.9. The highest BCUT2D eigenvalue weighted by molar-refractivity contribution is 8.14. The summed E-state index contributed by atoms with van der Waals surface area (Å²) in [6.07, 6.45) is 0.801. The third-order valence-corrected chi connectivity index (χ3v) is 7.89. The first-order valence-corrected chi connectivity index (χ1v) is 12.5. The van der Waals surface area contributed by atoms with Gasteiger partial charge in [0.1, 0.15) is 5.82 Å². The van der Waals surface area contributed by atoms with Crippen molar-refractivity contribution in [2.24, 2.45) is 4.99 Å². The lowest BCUT2D eigenvalue weighted by Crippen LogP contribution is -2.40. The predicted molar refractivity (Wildman–Crippen MR) is 119 cm³/mol. The second-order valence-corrected chi connectivity index (χ2v) is 10.4. The molecule has 2 aliphatic rings. The number of carbonyl (C=O) groups excluding carboxylic acids is 1. The molecule has 2 aromatic rings. The van der Waals surface area contributed by atoms with Crippen LogP contribution >= 0.6 is 11.8 Å². The molecule has 1 fully saturated rings. The number of sulfone groups is 1. The summed E-state index contributed by atoms with van der Waals surface area (Å²) in [5.41, 5.74) is 2.10. The van der Waals surface area contributed by atoms with Crippen molar-refractivity contribution in [2.45, 2.75) is 25.4 Å². The van der Waals surface area contributed by atoms with E-state index in [1.54, 1.807) is 23.1 Å². The number of aliphatic imine (C=N–C) groups is 1. The third kappa shape index (κ3) is 4.22. The number of rotatable bonds is 5. The predicted octanol–water partition coefficient (Wildman–Crippen LogP) is 3.10. The molecule has 1 saturated heterocycles. The van der Waals surface area contributed by atoms with Gasteiger partial charge in [0.15, 0.2) is 15.0 Å². The molecule has 6 nitrogen and oxygen atoms in total. The smallest absolute Gasteiger partial charge is 0.234 e. The number of aryl methyl sites for hydroxylation is 1. The zero-order valence-electron chi connectivity index (χ0n) is 16.4. The van der Waals surface area contributed by atoms with Crippen LogP contribution in [0.25, 0.3) is 0 Å². The lowest BCUT2D eigenvalue weighted by molar-refractivity contribution is -0.113. The second kappa shape index (κ2) is 8.39. The van der Waals surface area contributed by atoms with Gasteiger partial charge < -0.3 is 10.2 Å². The Kier molecular flexibility index (Phi) is 5.84. The molecule has 4 rings (SSSR count). The number of amidine groups is 1. The maximum Gasteiger partial charge on any atom is 0.234 e. The number of nitrogens with zero attached hydrogens (tertiary/aromatic N) is 2. The van der Waals surface area contributed by atoms with E-state index in [0.29, 0.717) is 5.17 Å². The second-order valence-electron chi connectivity index (χ2n) is 7.29. The topological polar surface area (TPSA) is 78.8 Å². The zero-order chi connectivity index (χ0) is 21.3. The zero-order valence-corrected chi connectivity index (χ0v) is 18.0. The first kappa shape index (κ1) is 20.9. The van der Waals surface area contributed by atoms with Crippen molar-refractivity contribution in [1.82, 2.24) is 0 Å². The highest BCUT2D eigenvalue weighted by Gasteiger charge is 2.47. The van der Waals surface area contributed by atoms with Gasteiger partial charge in [-0.25, -0.2) is 12.8 Å². The number of thioether (sulfide) groups is 1. The van der Waals surface area contributed by atoms with Crippen LogP contribution in [0, 0.1) is 5.82 Å². The lowest BCUT2D eigenvalue weighted by Gasteiger charge is -2.26. The van der Waals surface area contributed by atoms with Gasteiger partial charge in [-0.3, -0.25) is 9.79 Å². The van der Waals surface area contributed by atoms with E-state index in [1.807, 2.05) is 31.2 Å². The van der Waals surface area contributed by atoms with Crippen LogP contribution in [0.2, 0.25) is 0 Å². The molecule has 1 amide bonds. The molecule has 0 radical (unpaired) electrons. The first-order valence-electron chi connectivity index (χ1n) is 9.70. The van der Waals surface area contributed by atoms with Crippen LogP contribution in [0.15, 0.2) is 53.5 Å². The SMILES string of the molecule is CCc1ccccc1NC(=O)CSC1=N[C@@H]2CS(=O)(=O)C[C@@H]2N1c1ccccc1F. The molecule has 0 aromatic heterocycles. The van der Waals surface area contributed by atoms with E-state index >= 15 is 0 Å². The summed E-state index contributed by atoms with van der Waals surface area (Å²) in [4.78, 5) is 18.7.